The van der Waals surface area contributed by atoms with Gasteiger partial charge in [-0.25, -0.2) is 8.78 Å². The molecule has 1 aliphatic rings. The Hall–Kier alpha value is -2.28. The van der Waals surface area contributed by atoms with E-state index in [-0.39, 0.29) is 18.1 Å². The van der Waals surface area contributed by atoms with Crippen LogP contribution in [0.5, 0.6) is 5.75 Å². The number of nitrogens with zero attached hydrogens (tertiary/aromatic N) is 2. The van der Waals surface area contributed by atoms with Crippen LogP contribution in [0, 0.1) is 17.0 Å². The number of fused-ring (bicyclic) bond motifs is 1. The maximum absolute atomic E-state index is 14.5. The maximum atomic E-state index is 14.5. The highest BCUT2D eigenvalue weighted by Gasteiger charge is 2.36. The molecule has 0 saturated carbocycles. The van der Waals surface area contributed by atoms with Gasteiger partial charge < -0.3 is 9.84 Å². The third-order valence-electron chi connectivity index (χ3n) is 7.63. The van der Waals surface area contributed by atoms with Crippen molar-refractivity contribution in [2.75, 3.05) is 26.8 Å². The van der Waals surface area contributed by atoms with Gasteiger partial charge in [0, 0.05) is 29.8 Å². The van der Waals surface area contributed by atoms with Crippen LogP contribution < -0.4 is 4.74 Å². The minimum absolute atomic E-state index is 0.116. The molecule has 0 aliphatic carbocycles. The number of aryl methyl sites for hydroxylation is 1. The Morgan fingerprint density at radius 3 is 2.66 bits per heavy atom. The summed E-state index contributed by atoms with van der Waals surface area (Å²) in [6.45, 7) is 3.60. The van der Waals surface area contributed by atoms with E-state index in [1.807, 2.05) is 25.1 Å². The number of methoxy groups -OCH3 is 1. The van der Waals surface area contributed by atoms with Gasteiger partial charge in [-0.2, -0.15) is 0 Å². The number of benzene rings is 2. The molecule has 2 aromatic carbocycles. The van der Waals surface area contributed by atoms with Crippen molar-refractivity contribution in [3.63, 3.8) is 0 Å². The molecule has 2 heterocycles. The number of ether oxygens (including phenoxy) is 1. The summed E-state index contributed by atoms with van der Waals surface area (Å²) in [5, 5.41) is 12.0. The van der Waals surface area contributed by atoms with Crippen LogP contribution in [0.2, 0.25) is 5.02 Å². The van der Waals surface area contributed by atoms with Crippen molar-refractivity contribution in [2.24, 2.45) is 5.41 Å². The summed E-state index contributed by atoms with van der Waals surface area (Å²) < 4.78 is 33.7. The van der Waals surface area contributed by atoms with Gasteiger partial charge in [0.2, 0.25) is 0 Å². The van der Waals surface area contributed by atoms with Crippen molar-refractivity contribution in [1.82, 2.24) is 9.88 Å². The van der Waals surface area contributed by atoms with Gasteiger partial charge in [0.1, 0.15) is 5.75 Å². The molecule has 0 amide bonds. The van der Waals surface area contributed by atoms with E-state index in [1.165, 1.54) is 0 Å². The third-order valence-corrected chi connectivity index (χ3v) is 7.96. The summed E-state index contributed by atoms with van der Waals surface area (Å²) in [4.78, 5) is 6.66. The van der Waals surface area contributed by atoms with Crippen LogP contribution in [-0.2, 0) is 6.42 Å². The molecule has 188 valence electrons. The number of halogens is 3. The lowest BCUT2D eigenvalue weighted by molar-refractivity contribution is 0.0180. The first-order valence-electron chi connectivity index (χ1n) is 12.3. The normalized spacial score (nSPS) is 17.0. The summed E-state index contributed by atoms with van der Waals surface area (Å²) in [6.07, 6.45) is 6.55. The molecule has 1 atom stereocenters. The molecule has 1 fully saturated rings. The quantitative estimate of drug-likeness (QED) is 0.352. The molecule has 0 radical (unpaired) electrons. The van der Waals surface area contributed by atoms with Crippen molar-refractivity contribution >= 4 is 22.5 Å². The standard InChI is InChI=1S/C28H33ClF2N2O2/c1-3-26(21-6-4-8-24(30)27(21)31)33-14-12-28(18-34,13-15-33)11-5-7-20-22-16-19(35-2)9-10-25(22)32-17-23(20)29/h4,6,8-10,16-17,26,34H,3,5,7,11-15,18H2,1-2H3. The number of likely N-dealkylation sites (tertiary alicyclic amines) is 1. The van der Waals surface area contributed by atoms with Gasteiger partial charge in [-0.1, -0.05) is 30.7 Å². The van der Waals surface area contributed by atoms with Crippen molar-refractivity contribution in [3.05, 3.63) is 70.4 Å². The second kappa shape index (κ2) is 11.2. The Kier molecular flexibility index (Phi) is 8.25. The topological polar surface area (TPSA) is 45.6 Å². The number of aliphatic hydroxyl groups excluding tert-OH is 1. The Balaban J connectivity index is 1.43. The fraction of sp³-hybridized carbons (Fsp3) is 0.464. The highest BCUT2D eigenvalue weighted by atomic mass is 35.5. The minimum Gasteiger partial charge on any atom is -0.497 e. The van der Waals surface area contributed by atoms with Crippen molar-refractivity contribution in [3.8, 4) is 5.75 Å². The average Bonchev–Trinajstić information content (AvgIpc) is 2.88. The molecule has 1 N–H and O–H groups in total. The maximum Gasteiger partial charge on any atom is 0.163 e. The number of hydrogen-bond acceptors (Lipinski definition) is 4. The van der Waals surface area contributed by atoms with E-state index < -0.39 is 11.6 Å². The monoisotopic (exact) mass is 502 g/mol. The minimum atomic E-state index is -0.803. The second-order valence-corrected chi connectivity index (χ2v) is 9.99. The van der Waals surface area contributed by atoms with Crippen LogP contribution in [0.4, 0.5) is 8.78 Å². The van der Waals surface area contributed by atoms with E-state index in [9.17, 15) is 13.9 Å². The molecule has 35 heavy (non-hydrogen) atoms. The first kappa shape index (κ1) is 25.8. The third kappa shape index (κ3) is 5.45. The zero-order valence-corrected chi connectivity index (χ0v) is 21.1. The summed E-state index contributed by atoms with van der Waals surface area (Å²) in [6, 6.07) is 10.0. The van der Waals surface area contributed by atoms with Crippen LogP contribution in [0.25, 0.3) is 10.9 Å². The molecule has 1 saturated heterocycles. The molecule has 7 heteroatoms. The first-order valence-corrected chi connectivity index (χ1v) is 12.7. The van der Waals surface area contributed by atoms with Crippen LogP contribution >= 0.6 is 11.6 Å². The molecule has 1 unspecified atom stereocenters. The van der Waals surface area contributed by atoms with Crippen LogP contribution in [0.15, 0.2) is 42.6 Å². The molecular weight excluding hydrogens is 470 g/mol. The molecule has 4 nitrogen and oxygen atoms in total. The highest BCUT2D eigenvalue weighted by molar-refractivity contribution is 6.32. The van der Waals surface area contributed by atoms with E-state index in [4.69, 9.17) is 16.3 Å². The smallest absolute Gasteiger partial charge is 0.163 e. The number of pyridine rings is 1. The van der Waals surface area contributed by atoms with E-state index in [2.05, 4.69) is 9.88 Å². The van der Waals surface area contributed by atoms with Gasteiger partial charge in [-0.3, -0.25) is 9.88 Å². The van der Waals surface area contributed by atoms with Gasteiger partial charge in [-0.05, 0) is 86.9 Å². The number of aromatic nitrogens is 1. The van der Waals surface area contributed by atoms with E-state index >= 15 is 0 Å². The fourth-order valence-corrected chi connectivity index (χ4v) is 5.72. The SMILES string of the molecule is CCC(c1cccc(F)c1F)N1CCC(CO)(CCCc2c(Cl)cnc3ccc(OC)cc23)CC1. The van der Waals surface area contributed by atoms with E-state index in [0.717, 1.165) is 73.5 Å². The van der Waals surface area contributed by atoms with Gasteiger partial charge in [-0.15, -0.1) is 0 Å². The largest absolute Gasteiger partial charge is 0.497 e. The van der Waals surface area contributed by atoms with Gasteiger partial charge in [0.15, 0.2) is 11.6 Å². The van der Waals surface area contributed by atoms with Crippen molar-refractivity contribution < 1.29 is 18.6 Å². The predicted molar refractivity (Wildman–Crippen MR) is 136 cm³/mol. The Labute approximate surface area is 210 Å². The van der Waals surface area contributed by atoms with E-state index in [1.54, 1.807) is 25.4 Å². The van der Waals surface area contributed by atoms with Gasteiger partial charge >= 0.3 is 0 Å². The predicted octanol–water partition coefficient (Wildman–Crippen LogP) is 6.72. The lowest BCUT2D eigenvalue weighted by atomic mass is 9.74. The first-order chi connectivity index (χ1) is 16.9. The molecule has 1 aliphatic heterocycles. The van der Waals surface area contributed by atoms with E-state index in [0.29, 0.717) is 17.0 Å². The van der Waals surface area contributed by atoms with Crippen LogP contribution in [0.1, 0.15) is 56.2 Å². The van der Waals surface area contributed by atoms with Gasteiger partial charge in [0.25, 0.3) is 0 Å². The summed E-state index contributed by atoms with van der Waals surface area (Å²) >= 11 is 6.52. The molecule has 1 aromatic heterocycles. The highest BCUT2D eigenvalue weighted by Crippen LogP contribution is 2.40. The number of hydrogen-bond donors (Lipinski definition) is 1. The summed E-state index contributed by atoms with van der Waals surface area (Å²) in [7, 11) is 1.64. The molecular formula is C28H33ClF2N2O2. The van der Waals surface area contributed by atoms with Crippen LogP contribution in [-0.4, -0.2) is 41.8 Å². The molecule has 4 rings (SSSR count). The second-order valence-electron chi connectivity index (χ2n) is 9.58. The lowest BCUT2D eigenvalue weighted by Gasteiger charge is -2.44. The zero-order chi connectivity index (χ0) is 25.0. The molecule has 0 bridgehead atoms. The Bertz CT molecular complexity index is 1170. The fourth-order valence-electron chi connectivity index (χ4n) is 5.47. The summed E-state index contributed by atoms with van der Waals surface area (Å²) in [5.41, 5.74) is 2.17. The Morgan fingerprint density at radius 1 is 1.20 bits per heavy atom. The summed E-state index contributed by atoms with van der Waals surface area (Å²) in [5.74, 6) is -0.791. The van der Waals surface area contributed by atoms with Crippen molar-refractivity contribution in [1.29, 1.82) is 0 Å². The number of piperidine rings is 1. The molecule has 3 aromatic rings. The Morgan fingerprint density at radius 2 is 1.97 bits per heavy atom. The average molecular weight is 503 g/mol. The lowest BCUT2D eigenvalue weighted by Crippen LogP contribution is -2.43. The van der Waals surface area contributed by atoms with Crippen molar-refractivity contribution in [2.45, 2.75) is 51.5 Å². The molecule has 0 spiro atoms. The number of aliphatic hydroxyl groups is 1. The van der Waals surface area contributed by atoms with Crippen LogP contribution in [0.3, 0.4) is 0 Å². The number of rotatable bonds is 9. The van der Waals surface area contributed by atoms with Gasteiger partial charge in [0.05, 0.1) is 17.6 Å². The zero-order valence-electron chi connectivity index (χ0n) is 20.4.